The van der Waals surface area contributed by atoms with Gasteiger partial charge >= 0.3 is 5.97 Å². The van der Waals surface area contributed by atoms with E-state index in [1.165, 1.54) is 11.8 Å². The number of esters is 1. The number of aryl methyl sites for hydroxylation is 1. The lowest BCUT2D eigenvalue weighted by molar-refractivity contribution is 0.0531. The summed E-state index contributed by atoms with van der Waals surface area (Å²) in [5, 5.41) is 12.6. The Bertz CT molecular complexity index is 1350. The van der Waals surface area contributed by atoms with E-state index in [4.69, 9.17) is 9.47 Å². The van der Waals surface area contributed by atoms with Crippen molar-refractivity contribution >= 4 is 39.3 Å². The SMILES string of the molecule is CCOC(=O)c1sc2nc(C(C)Sc3nnnn3-c3ccccc3OC)[nH]c(=O)c2c1C. The van der Waals surface area contributed by atoms with E-state index in [-0.39, 0.29) is 17.4 Å². The third-order valence-corrected chi connectivity index (χ3v) is 6.91. The molecule has 4 aromatic rings. The zero-order valence-corrected chi connectivity index (χ0v) is 19.4. The van der Waals surface area contributed by atoms with E-state index in [2.05, 4.69) is 25.5 Å². The van der Waals surface area contributed by atoms with E-state index in [9.17, 15) is 9.59 Å². The van der Waals surface area contributed by atoms with E-state index in [1.54, 1.807) is 25.6 Å². The van der Waals surface area contributed by atoms with Crippen LogP contribution in [0.1, 0.15) is 40.2 Å². The monoisotopic (exact) mass is 472 g/mol. The molecule has 0 aliphatic carbocycles. The first-order chi connectivity index (χ1) is 15.4. The maximum Gasteiger partial charge on any atom is 0.348 e. The lowest BCUT2D eigenvalue weighted by atomic mass is 10.2. The Morgan fingerprint density at radius 3 is 2.88 bits per heavy atom. The fourth-order valence-electron chi connectivity index (χ4n) is 3.17. The molecule has 0 spiro atoms. The van der Waals surface area contributed by atoms with Crippen molar-refractivity contribution in [1.29, 1.82) is 0 Å². The van der Waals surface area contributed by atoms with Crippen LogP contribution < -0.4 is 10.3 Å². The highest BCUT2D eigenvalue weighted by Gasteiger charge is 2.23. The largest absolute Gasteiger partial charge is 0.494 e. The molecule has 0 amide bonds. The summed E-state index contributed by atoms with van der Waals surface area (Å²) in [5.74, 6) is 0.633. The van der Waals surface area contributed by atoms with Crippen molar-refractivity contribution < 1.29 is 14.3 Å². The number of fused-ring (bicyclic) bond motifs is 1. The van der Waals surface area contributed by atoms with Crippen LogP contribution >= 0.6 is 23.1 Å². The van der Waals surface area contributed by atoms with Crippen LogP contribution in [0, 0.1) is 6.92 Å². The molecule has 0 fully saturated rings. The van der Waals surface area contributed by atoms with Gasteiger partial charge in [-0.3, -0.25) is 4.79 Å². The number of thioether (sulfide) groups is 1. The molecule has 1 atom stereocenters. The molecule has 0 saturated heterocycles. The number of benzene rings is 1. The second kappa shape index (κ2) is 9.09. The number of ether oxygens (including phenoxy) is 2. The Labute approximate surface area is 191 Å². The lowest BCUT2D eigenvalue weighted by Crippen LogP contribution is -2.13. The van der Waals surface area contributed by atoms with Crippen LogP contribution in [0.25, 0.3) is 15.9 Å². The summed E-state index contributed by atoms with van der Waals surface area (Å²) < 4.78 is 12.1. The molecule has 3 heterocycles. The highest BCUT2D eigenvalue weighted by molar-refractivity contribution is 7.99. The van der Waals surface area contributed by atoms with E-state index < -0.39 is 5.97 Å². The number of hydrogen-bond acceptors (Lipinski definition) is 10. The van der Waals surface area contributed by atoms with Crippen LogP contribution in [0.5, 0.6) is 5.75 Å². The van der Waals surface area contributed by atoms with Crippen LogP contribution in [0.4, 0.5) is 0 Å². The molecular weight excluding hydrogens is 452 g/mol. The fourth-order valence-corrected chi connectivity index (χ4v) is 5.11. The van der Waals surface area contributed by atoms with Crippen LogP contribution in [0.15, 0.2) is 34.2 Å². The van der Waals surface area contributed by atoms with Gasteiger partial charge in [-0.1, -0.05) is 23.9 Å². The quantitative estimate of drug-likeness (QED) is 0.318. The van der Waals surface area contributed by atoms with Gasteiger partial charge in [-0.15, -0.1) is 16.4 Å². The van der Waals surface area contributed by atoms with Crippen molar-refractivity contribution in [3.05, 3.63) is 50.9 Å². The minimum absolute atomic E-state index is 0.260. The summed E-state index contributed by atoms with van der Waals surface area (Å²) in [4.78, 5) is 33.3. The third kappa shape index (κ3) is 3.98. The van der Waals surface area contributed by atoms with E-state index in [0.29, 0.717) is 43.1 Å². The number of nitrogens with one attached hydrogen (secondary N) is 1. The number of hydrogen-bond donors (Lipinski definition) is 1. The van der Waals surface area contributed by atoms with Gasteiger partial charge in [0.15, 0.2) is 0 Å². The summed E-state index contributed by atoms with van der Waals surface area (Å²) >= 11 is 2.49. The molecule has 3 aromatic heterocycles. The van der Waals surface area contributed by atoms with Gasteiger partial charge in [-0.25, -0.2) is 9.78 Å². The van der Waals surface area contributed by atoms with Crippen LogP contribution in [0.3, 0.4) is 0 Å². The van der Waals surface area contributed by atoms with Crippen molar-refractivity contribution in [2.24, 2.45) is 0 Å². The number of nitrogens with zero attached hydrogens (tertiary/aromatic N) is 5. The fraction of sp³-hybridized carbons (Fsp3) is 0.300. The smallest absolute Gasteiger partial charge is 0.348 e. The molecule has 0 aliphatic heterocycles. The summed E-state index contributed by atoms with van der Waals surface area (Å²) in [6.07, 6.45) is 0. The molecule has 12 heteroatoms. The average molecular weight is 473 g/mol. The van der Waals surface area contributed by atoms with E-state index >= 15 is 0 Å². The highest BCUT2D eigenvalue weighted by atomic mass is 32.2. The molecular formula is C20H20N6O4S2. The Kier molecular flexibility index (Phi) is 6.24. The Morgan fingerprint density at radius 1 is 1.34 bits per heavy atom. The molecule has 1 N–H and O–H groups in total. The molecule has 1 aromatic carbocycles. The van der Waals surface area contributed by atoms with Gasteiger partial charge in [0.25, 0.3) is 5.56 Å². The Hall–Kier alpha value is -3.25. The second-order valence-corrected chi connectivity index (χ2v) is 9.02. The number of carbonyl (C=O) groups excluding carboxylic acids is 1. The number of H-pyrrole nitrogens is 1. The molecule has 10 nitrogen and oxygen atoms in total. The van der Waals surface area contributed by atoms with Gasteiger partial charge in [-0.05, 0) is 48.9 Å². The number of thiophene rings is 1. The van der Waals surface area contributed by atoms with Crippen LogP contribution in [-0.2, 0) is 4.74 Å². The minimum Gasteiger partial charge on any atom is -0.494 e. The molecule has 32 heavy (non-hydrogen) atoms. The summed E-state index contributed by atoms with van der Waals surface area (Å²) in [6.45, 7) is 5.61. The standard InChI is InChI=1S/C20H20N6O4S2/c1-5-30-19(28)15-10(2)14-17(27)21-16(22-18(14)32-15)11(3)31-20-23-24-25-26(20)12-8-6-7-9-13(12)29-4/h6-9,11H,5H2,1-4H3,(H,21,22,27). The number of tetrazole rings is 1. The summed E-state index contributed by atoms with van der Waals surface area (Å²) in [6, 6.07) is 7.40. The maximum atomic E-state index is 12.8. The van der Waals surface area contributed by atoms with Crippen molar-refractivity contribution in [1.82, 2.24) is 30.2 Å². The third-order valence-electron chi connectivity index (χ3n) is 4.70. The molecule has 166 valence electrons. The molecule has 4 rings (SSSR count). The van der Waals surface area contributed by atoms with Gasteiger partial charge in [0.2, 0.25) is 5.16 Å². The van der Waals surface area contributed by atoms with Gasteiger partial charge < -0.3 is 14.5 Å². The normalized spacial score (nSPS) is 12.1. The molecule has 1 unspecified atom stereocenters. The lowest BCUT2D eigenvalue weighted by Gasteiger charge is -2.12. The Morgan fingerprint density at radius 2 is 2.12 bits per heavy atom. The first-order valence-corrected chi connectivity index (χ1v) is 11.4. The van der Waals surface area contributed by atoms with Crippen molar-refractivity contribution in [3.63, 3.8) is 0 Å². The molecule has 0 bridgehead atoms. The average Bonchev–Trinajstić information content (AvgIpc) is 3.38. The zero-order chi connectivity index (χ0) is 22.8. The number of rotatable bonds is 7. The van der Waals surface area contributed by atoms with Gasteiger partial charge in [0.1, 0.15) is 27.0 Å². The van der Waals surface area contributed by atoms with E-state index in [0.717, 1.165) is 11.3 Å². The summed E-state index contributed by atoms with van der Waals surface area (Å²) in [7, 11) is 1.58. The maximum absolute atomic E-state index is 12.8. The first-order valence-electron chi connectivity index (χ1n) is 9.73. The number of para-hydroxylation sites is 2. The molecule has 0 aliphatic rings. The number of carbonyl (C=O) groups is 1. The Balaban J connectivity index is 1.67. The van der Waals surface area contributed by atoms with Crippen LogP contribution in [-0.4, -0.2) is 49.9 Å². The van der Waals surface area contributed by atoms with Crippen molar-refractivity contribution in [2.75, 3.05) is 13.7 Å². The zero-order valence-electron chi connectivity index (χ0n) is 17.8. The highest BCUT2D eigenvalue weighted by Crippen LogP contribution is 2.35. The minimum atomic E-state index is -0.452. The summed E-state index contributed by atoms with van der Waals surface area (Å²) in [5.41, 5.74) is 0.967. The first kappa shape index (κ1) is 22.0. The van der Waals surface area contributed by atoms with Crippen molar-refractivity contribution in [2.45, 2.75) is 31.2 Å². The molecule has 0 saturated carbocycles. The number of methoxy groups -OCH3 is 1. The topological polar surface area (TPSA) is 125 Å². The molecule has 0 radical (unpaired) electrons. The van der Waals surface area contributed by atoms with Gasteiger partial charge in [0.05, 0.1) is 24.4 Å². The van der Waals surface area contributed by atoms with Gasteiger partial charge in [-0.2, -0.15) is 4.68 Å². The number of aromatic nitrogens is 6. The predicted molar refractivity (Wildman–Crippen MR) is 121 cm³/mol. The van der Waals surface area contributed by atoms with Gasteiger partial charge in [0, 0.05) is 0 Å². The number of aromatic amines is 1. The second-order valence-electron chi connectivity index (χ2n) is 6.71. The van der Waals surface area contributed by atoms with E-state index in [1.807, 2.05) is 31.2 Å². The van der Waals surface area contributed by atoms with Crippen LogP contribution in [0.2, 0.25) is 0 Å². The predicted octanol–water partition coefficient (Wildman–Crippen LogP) is 3.31. The van der Waals surface area contributed by atoms with Crippen molar-refractivity contribution in [3.8, 4) is 11.4 Å².